The minimum atomic E-state index is -0.179. The van der Waals surface area contributed by atoms with E-state index in [-0.39, 0.29) is 11.9 Å². The van der Waals surface area contributed by atoms with E-state index in [4.69, 9.17) is 11.6 Å². The van der Waals surface area contributed by atoms with Crippen LogP contribution in [0.3, 0.4) is 0 Å². The van der Waals surface area contributed by atoms with E-state index >= 15 is 0 Å². The van der Waals surface area contributed by atoms with E-state index in [9.17, 15) is 4.39 Å². The predicted molar refractivity (Wildman–Crippen MR) is 88.1 cm³/mol. The van der Waals surface area contributed by atoms with Gasteiger partial charge in [-0.1, -0.05) is 38.4 Å². The lowest BCUT2D eigenvalue weighted by Crippen LogP contribution is -2.34. The molecule has 1 aliphatic rings. The van der Waals surface area contributed by atoms with Gasteiger partial charge in [0.25, 0.3) is 0 Å². The van der Waals surface area contributed by atoms with Gasteiger partial charge in [-0.2, -0.15) is 0 Å². The molecule has 1 fully saturated rings. The lowest BCUT2D eigenvalue weighted by Gasteiger charge is -2.37. The second kappa shape index (κ2) is 7.60. The van der Waals surface area contributed by atoms with Crippen molar-refractivity contribution in [3.05, 3.63) is 34.6 Å². The average Bonchev–Trinajstić information content (AvgIpc) is 2.41. The Morgan fingerprint density at radius 3 is 2.48 bits per heavy atom. The molecular weight excluding hydrogens is 285 g/mol. The van der Waals surface area contributed by atoms with Gasteiger partial charge < -0.3 is 5.32 Å². The number of hydrogen-bond acceptors (Lipinski definition) is 1. The summed E-state index contributed by atoms with van der Waals surface area (Å²) in [5, 5.41) is 4.10. The molecule has 21 heavy (non-hydrogen) atoms. The number of halogens is 2. The second-order valence-corrected chi connectivity index (χ2v) is 7.15. The molecule has 1 aromatic carbocycles. The highest BCUT2D eigenvalue weighted by molar-refractivity contribution is 6.31. The minimum Gasteiger partial charge on any atom is -0.310 e. The summed E-state index contributed by atoms with van der Waals surface area (Å²) in [7, 11) is 0. The summed E-state index contributed by atoms with van der Waals surface area (Å²) in [6.07, 6.45) is 4.62. The molecule has 0 aromatic heterocycles. The van der Waals surface area contributed by atoms with Crippen molar-refractivity contribution in [1.29, 1.82) is 0 Å². The van der Waals surface area contributed by atoms with Gasteiger partial charge in [0.2, 0.25) is 0 Å². The molecule has 1 saturated carbocycles. The predicted octanol–water partition coefficient (Wildman–Crippen LogP) is 5.59. The van der Waals surface area contributed by atoms with Gasteiger partial charge in [-0.25, -0.2) is 4.39 Å². The van der Waals surface area contributed by atoms with Crippen LogP contribution in [0.4, 0.5) is 4.39 Å². The summed E-state index contributed by atoms with van der Waals surface area (Å²) in [5.74, 6) is 1.69. The molecule has 3 atom stereocenters. The molecule has 3 heteroatoms. The summed E-state index contributed by atoms with van der Waals surface area (Å²) in [4.78, 5) is 0. The van der Waals surface area contributed by atoms with Crippen LogP contribution in [-0.4, -0.2) is 6.54 Å². The minimum absolute atomic E-state index is 0.0313. The number of rotatable bonds is 5. The van der Waals surface area contributed by atoms with Gasteiger partial charge in [0.15, 0.2) is 0 Å². The van der Waals surface area contributed by atoms with Crippen molar-refractivity contribution in [2.24, 2.45) is 17.8 Å². The van der Waals surface area contributed by atoms with Crippen LogP contribution in [0.5, 0.6) is 0 Å². The van der Waals surface area contributed by atoms with Crippen molar-refractivity contribution in [3.63, 3.8) is 0 Å². The average molecular weight is 312 g/mol. The van der Waals surface area contributed by atoms with E-state index in [0.29, 0.717) is 28.3 Å². The molecule has 1 nitrogen and oxygen atoms in total. The quantitative estimate of drug-likeness (QED) is 0.747. The van der Waals surface area contributed by atoms with Crippen LogP contribution in [0.25, 0.3) is 0 Å². The molecule has 0 heterocycles. The zero-order chi connectivity index (χ0) is 15.4. The summed E-state index contributed by atoms with van der Waals surface area (Å²) >= 11 is 6.32. The molecule has 0 amide bonds. The lowest BCUT2D eigenvalue weighted by atomic mass is 9.72. The molecule has 0 radical (unpaired) electrons. The van der Waals surface area contributed by atoms with Crippen LogP contribution in [0.15, 0.2) is 18.2 Å². The molecule has 1 aromatic rings. The standard InChI is InChI=1S/C18H27ClFN/c1-4-8-21-18(14-10-12(2)9-13(3)11-14)17-15(19)6-5-7-16(17)20/h5-7,12-14,18,21H,4,8-11H2,1-3H3. The Kier molecular flexibility index (Phi) is 6.07. The van der Waals surface area contributed by atoms with Crippen molar-refractivity contribution < 1.29 is 4.39 Å². The van der Waals surface area contributed by atoms with Crippen LogP contribution < -0.4 is 5.32 Å². The van der Waals surface area contributed by atoms with E-state index in [1.807, 2.05) is 0 Å². The Labute approximate surface area is 133 Å². The van der Waals surface area contributed by atoms with Gasteiger partial charge in [0, 0.05) is 16.6 Å². The van der Waals surface area contributed by atoms with Crippen LogP contribution in [0.1, 0.15) is 58.1 Å². The Bertz CT molecular complexity index is 432. The molecule has 118 valence electrons. The Hall–Kier alpha value is -0.600. The number of hydrogen-bond donors (Lipinski definition) is 1. The van der Waals surface area contributed by atoms with E-state index in [2.05, 4.69) is 26.1 Å². The SMILES string of the molecule is CCCNC(c1c(F)cccc1Cl)C1CC(C)CC(C)C1. The van der Waals surface area contributed by atoms with Gasteiger partial charge in [-0.05, 0) is 62.1 Å². The topological polar surface area (TPSA) is 12.0 Å². The first-order valence-corrected chi connectivity index (χ1v) is 8.58. The van der Waals surface area contributed by atoms with Crippen molar-refractivity contribution in [3.8, 4) is 0 Å². The molecule has 1 aliphatic carbocycles. The summed E-state index contributed by atoms with van der Waals surface area (Å²) in [6.45, 7) is 7.65. The van der Waals surface area contributed by atoms with Crippen molar-refractivity contribution in [2.75, 3.05) is 6.54 Å². The molecule has 0 spiro atoms. The molecule has 0 aliphatic heterocycles. The highest BCUT2D eigenvalue weighted by atomic mass is 35.5. The zero-order valence-electron chi connectivity index (χ0n) is 13.3. The van der Waals surface area contributed by atoms with Crippen molar-refractivity contribution >= 4 is 11.6 Å². The third-order valence-corrected chi connectivity index (χ3v) is 4.94. The summed E-state index contributed by atoms with van der Waals surface area (Å²) in [5.41, 5.74) is 0.666. The fourth-order valence-electron chi connectivity index (χ4n) is 3.89. The van der Waals surface area contributed by atoms with Crippen molar-refractivity contribution in [2.45, 2.75) is 52.5 Å². The highest BCUT2D eigenvalue weighted by Gasteiger charge is 2.32. The monoisotopic (exact) mass is 311 g/mol. The molecule has 1 N–H and O–H groups in total. The van der Waals surface area contributed by atoms with E-state index in [1.54, 1.807) is 12.1 Å². The Balaban J connectivity index is 2.29. The Morgan fingerprint density at radius 2 is 1.90 bits per heavy atom. The first kappa shape index (κ1) is 16.8. The normalized spacial score (nSPS) is 27.6. The number of benzene rings is 1. The first-order valence-electron chi connectivity index (χ1n) is 8.20. The van der Waals surface area contributed by atoms with Gasteiger partial charge >= 0.3 is 0 Å². The third-order valence-electron chi connectivity index (χ3n) is 4.61. The zero-order valence-corrected chi connectivity index (χ0v) is 14.1. The molecule has 2 rings (SSSR count). The fourth-order valence-corrected chi connectivity index (χ4v) is 4.17. The smallest absolute Gasteiger partial charge is 0.129 e. The van der Waals surface area contributed by atoms with Gasteiger partial charge in [0.1, 0.15) is 5.82 Å². The fraction of sp³-hybridized carbons (Fsp3) is 0.667. The van der Waals surface area contributed by atoms with Gasteiger partial charge in [-0.3, -0.25) is 0 Å². The van der Waals surface area contributed by atoms with Gasteiger partial charge in [0.05, 0.1) is 0 Å². The molecule has 3 unspecified atom stereocenters. The lowest BCUT2D eigenvalue weighted by molar-refractivity contribution is 0.174. The highest BCUT2D eigenvalue weighted by Crippen LogP contribution is 2.42. The molecule has 0 bridgehead atoms. The first-order chi connectivity index (χ1) is 10.0. The number of nitrogens with one attached hydrogen (secondary N) is 1. The Morgan fingerprint density at radius 1 is 1.24 bits per heavy atom. The van der Waals surface area contributed by atoms with E-state index < -0.39 is 0 Å². The maximum Gasteiger partial charge on any atom is 0.129 e. The van der Waals surface area contributed by atoms with E-state index in [0.717, 1.165) is 25.8 Å². The van der Waals surface area contributed by atoms with Crippen LogP contribution in [-0.2, 0) is 0 Å². The van der Waals surface area contributed by atoms with Crippen molar-refractivity contribution in [1.82, 2.24) is 5.32 Å². The summed E-state index contributed by atoms with van der Waals surface area (Å²) in [6, 6.07) is 5.04. The van der Waals surface area contributed by atoms with Crippen LogP contribution in [0, 0.1) is 23.6 Å². The van der Waals surface area contributed by atoms with Crippen LogP contribution in [0.2, 0.25) is 5.02 Å². The molecular formula is C18H27ClFN. The van der Waals surface area contributed by atoms with Gasteiger partial charge in [-0.15, -0.1) is 0 Å². The second-order valence-electron chi connectivity index (χ2n) is 6.74. The van der Waals surface area contributed by atoms with Crippen LogP contribution >= 0.6 is 11.6 Å². The molecule has 0 saturated heterocycles. The summed E-state index contributed by atoms with van der Waals surface area (Å²) < 4.78 is 14.4. The van der Waals surface area contributed by atoms with E-state index in [1.165, 1.54) is 12.5 Å². The maximum absolute atomic E-state index is 14.4. The maximum atomic E-state index is 14.4. The third kappa shape index (κ3) is 4.20. The largest absolute Gasteiger partial charge is 0.310 e.